The van der Waals surface area contributed by atoms with Crippen molar-refractivity contribution in [2.75, 3.05) is 12.4 Å². The van der Waals surface area contributed by atoms with Crippen LogP contribution in [-0.2, 0) is 4.79 Å². The van der Waals surface area contributed by atoms with E-state index in [1.807, 2.05) is 6.92 Å². The van der Waals surface area contributed by atoms with Gasteiger partial charge in [-0.2, -0.15) is 0 Å². The summed E-state index contributed by atoms with van der Waals surface area (Å²) in [5.74, 6) is 0.0489. The van der Waals surface area contributed by atoms with Gasteiger partial charge in [-0.15, -0.1) is 0 Å². The van der Waals surface area contributed by atoms with Gasteiger partial charge in [0.2, 0.25) is 5.91 Å². The van der Waals surface area contributed by atoms with E-state index in [-0.39, 0.29) is 29.8 Å². The Morgan fingerprint density at radius 3 is 2.79 bits per heavy atom. The van der Waals surface area contributed by atoms with Crippen molar-refractivity contribution >= 4 is 17.3 Å². The van der Waals surface area contributed by atoms with E-state index in [1.165, 1.54) is 25.3 Å². The van der Waals surface area contributed by atoms with Crippen LogP contribution >= 0.6 is 0 Å². The molecule has 0 radical (unpaired) electrons. The fourth-order valence-electron chi connectivity index (χ4n) is 1.47. The predicted molar refractivity (Wildman–Crippen MR) is 71.2 cm³/mol. The van der Waals surface area contributed by atoms with Crippen LogP contribution in [-0.4, -0.2) is 24.0 Å². The highest BCUT2D eigenvalue weighted by atomic mass is 16.6. The first-order valence-electron chi connectivity index (χ1n) is 5.82. The Morgan fingerprint density at radius 2 is 2.26 bits per heavy atom. The Bertz CT molecular complexity index is 474. The zero-order valence-electron chi connectivity index (χ0n) is 10.9. The molecule has 0 fully saturated rings. The van der Waals surface area contributed by atoms with Crippen LogP contribution in [0.3, 0.4) is 0 Å². The highest BCUT2D eigenvalue weighted by Crippen LogP contribution is 2.29. The molecule has 0 heterocycles. The summed E-state index contributed by atoms with van der Waals surface area (Å²) in [6.45, 7) is 1.82. The van der Waals surface area contributed by atoms with E-state index < -0.39 is 4.92 Å². The van der Waals surface area contributed by atoms with Gasteiger partial charge in [-0.25, -0.2) is 0 Å². The normalized spacial score (nSPS) is 11.7. The number of nitro groups is 1. The summed E-state index contributed by atoms with van der Waals surface area (Å²) in [5.41, 5.74) is 5.88. The topological polar surface area (TPSA) is 107 Å². The summed E-state index contributed by atoms with van der Waals surface area (Å²) >= 11 is 0. The minimum Gasteiger partial charge on any atom is -0.494 e. The summed E-state index contributed by atoms with van der Waals surface area (Å²) in [7, 11) is 1.39. The number of anilines is 1. The zero-order valence-corrected chi connectivity index (χ0v) is 10.9. The van der Waals surface area contributed by atoms with Crippen molar-refractivity contribution < 1.29 is 14.5 Å². The first kappa shape index (κ1) is 14.9. The van der Waals surface area contributed by atoms with Gasteiger partial charge in [0.05, 0.1) is 23.8 Å². The standard InChI is InChI=1S/C12H17N3O4/c1-8(13)3-6-12(16)14-10-5-4-9(15(17)18)7-11(10)19-2/h4-5,7-8H,3,6,13H2,1-2H3,(H,14,16). The maximum atomic E-state index is 11.6. The van der Waals surface area contributed by atoms with Crippen LogP contribution in [0, 0.1) is 10.1 Å². The van der Waals surface area contributed by atoms with E-state index in [1.54, 1.807) is 0 Å². The number of benzene rings is 1. The maximum Gasteiger partial charge on any atom is 0.273 e. The second-order valence-corrected chi connectivity index (χ2v) is 4.21. The molecule has 1 rings (SSSR count). The minimum absolute atomic E-state index is 0.0514. The number of hydrogen-bond acceptors (Lipinski definition) is 5. The van der Waals surface area contributed by atoms with E-state index >= 15 is 0 Å². The number of carbonyl (C=O) groups excluding carboxylic acids is 1. The Kier molecular flexibility index (Phi) is 5.25. The largest absolute Gasteiger partial charge is 0.494 e. The fourth-order valence-corrected chi connectivity index (χ4v) is 1.47. The van der Waals surface area contributed by atoms with Gasteiger partial charge in [-0.3, -0.25) is 14.9 Å². The Morgan fingerprint density at radius 1 is 1.58 bits per heavy atom. The van der Waals surface area contributed by atoms with Gasteiger partial charge in [0.25, 0.3) is 5.69 Å². The lowest BCUT2D eigenvalue weighted by molar-refractivity contribution is -0.384. The smallest absolute Gasteiger partial charge is 0.273 e. The Hall–Kier alpha value is -2.15. The lowest BCUT2D eigenvalue weighted by atomic mass is 10.2. The summed E-state index contributed by atoms with van der Waals surface area (Å²) in [5, 5.41) is 13.3. The highest BCUT2D eigenvalue weighted by molar-refractivity contribution is 5.92. The number of methoxy groups -OCH3 is 1. The number of nitrogens with zero attached hydrogens (tertiary/aromatic N) is 1. The second-order valence-electron chi connectivity index (χ2n) is 4.21. The van der Waals surface area contributed by atoms with Crippen LogP contribution in [0.1, 0.15) is 19.8 Å². The van der Waals surface area contributed by atoms with Crippen molar-refractivity contribution in [1.82, 2.24) is 0 Å². The molecule has 7 nitrogen and oxygen atoms in total. The first-order chi connectivity index (χ1) is 8.93. The average molecular weight is 267 g/mol. The molecule has 0 saturated heterocycles. The van der Waals surface area contributed by atoms with Crippen LogP contribution in [0.25, 0.3) is 0 Å². The predicted octanol–water partition coefficient (Wildman–Crippen LogP) is 1.67. The third kappa shape index (κ3) is 4.55. The number of nitrogens with two attached hydrogens (primary N) is 1. The molecule has 0 saturated carbocycles. The number of nitro benzene ring substituents is 1. The van der Waals surface area contributed by atoms with Crippen LogP contribution < -0.4 is 15.8 Å². The summed E-state index contributed by atoms with van der Waals surface area (Å²) < 4.78 is 5.02. The molecule has 1 unspecified atom stereocenters. The number of carbonyl (C=O) groups is 1. The fraction of sp³-hybridized carbons (Fsp3) is 0.417. The molecule has 1 aromatic carbocycles. The Labute approximate surface area is 110 Å². The molecule has 104 valence electrons. The second kappa shape index (κ2) is 6.69. The molecule has 19 heavy (non-hydrogen) atoms. The number of ether oxygens (including phenoxy) is 1. The molecule has 1 amide bonds. The average Bonchev–Trinajstić information content (AvgIpc) is 2.36. The molecule has 0 aromatic heterocycles. The van der Waals surface area contributed by atoms with E-state index in [2.05, 4.69) is 5.32 Å². The molecule has 1 atom stereocenters. The van der Waals surface area contributed by atoms with Crippen molar-refractivity contribution in [1.29, 1.82) is 0 Å². The number of hydrogen-bond donors (Lipinski definition) is 2. The molecule has 0 aliphatic rings. The molecule has 0 bridgehead atoms. The van der Waals surface area contributed by atoms with E-state index in [0.717, 1.165) is 0 Å². The van der Waals surface area contributed by atoms with Crippen LogP contribution in [0.2, 0.25) is 0 Å². The summed E-state index contributed by atoms with van der Waals surface area (Å²) in [6, 6.07) is 3.97. The number of non-ortho nitro benzene ring substituents is 1. The lowest BCUT2D eigenvalue weighted by Gasteiger charge is -2.10. The molecule has 0 spiro atoms. The van der Waals surface area contributed by atoms with Gasteiger partial charge in [0.15, 0.2) is 0 Å². The first-order valence-corrected chi connectivity index (χ1v) is 5.82. The molecular formula is C12H17N3O4. The third-order valence-electron chi connectivity index (χ3n) is 2.50. The van der Waals surface area contributed by atoms with Gasteiger partial charge in [0, 0.05) is 18.5 Å². The van der Waals surface area contributed by atoms with E-state index in [0.29, 0.717) is 12.1 Å². The summed E-state index contributed by atoms with van der Waals surface area (Å²) in [6.07, 6.45) is 0.860. The van der Waals surface area contributed by atoms with Crippen molar-refractivity contribution in [2.24, 2.45) is 5.73 Å². The van der Waals surface area contributed by atoms with Gasteiger partial charge < -0.3 is 15.8 Å². The zero-order chi connectivity index (χ0) is 14.4. The van der Waals surface area contributed by atoms with Gasteiger partial charge >= 0.3 is 0 Å². The van der Waals surface area contributed by atoms with Gasteiger partial charge in [-0.05, 0) is 19.4 Å². The van der Waals surface area contributed by atoms with Gasteiger partial charge in [-0.1, -0.05) is 0 Å². The van der Waals surface area contributed by atoms with Crippen molar-refractivity contribution in [3.63, 3.8) is 0 Å². The van der Waals surface area contributed by atoms with Crippen LogP contribution in [0.15, 0.2) is 18.2 Å². The third-order valence-corrected chi connectivity index (χ3v) is 2.50. The molecule has 0 aliphatic carbocycles. The number of rotatable bonds is 6. The van der Waals surface area contributed by atoms with Crippen molar-refractivity contribution in [3.05, 3.63) is 28.3 Å². The van der Waals surface area contributed by atoms with Crippen molar-refractivity contribution in [2.45, 2.75) is 25.8 Å². The van der Waals surface area contributed by atoms with Crippen LogP contribution in [0.4, 0.5) is 11.4 Å². The molecule has 1 aromatic rings. The highest BCUT2D eigenvalue weighted by Gasteiger charge is 2.13. The molecule has 3 N–H and O–H groups in total. The number of nitrogens with one attached hydrogen (secondary N) is 1. The monoisotopic (exact) mass is 267 g/mol. The quantitative estimate of drug-likeness (QED) is 0.602. The molecular weight excluding hydrogens is 250 g/mol. The van der Waals surface area contributed by atoms with E-state index in [4.69, 9.17) is 10.5 Å². The van der Waals surface area contributed by atoms with Gasteiger partial charge in [0.1, 0.15) is 5.75 Å². The molecule has 7 heteroatoms. The Balaban J connectivity index is 2.78. The minimum atomic E-state index is -0.524. The summed E-state index contributed by atoms with van der Waals surface area (Å²) in [4.78, 5) is 21.8. The lowest BCUT2D eigenvalue weighted by Crippen LogP contribution is -2.19. The van der Waals surface area contributed by atoms with E-state index in [9.17, 15) is 14.9 Å². The van der Waals surface area contributed by atoms with Crippen molar-refractivity contribution in [3.8, 4) is 5.75 Å². The maximum absolute atomic E-state index is 11.6. The molecule has 0 aliphatic heterocycles. The SMILES string of the molecule is COc1cc([N+](=O)[O-])ccc1NC(=O)CCC(C)N. The van der Waals surface area contributed by atoms with Crippen LogP contribution in [0.5, 0.6) is 5.75 Å². The number of amides is 1.